The normalized spacial score (nSPS) is 20.2. The van der Waals surface area contributed by atoms with Crippen molar-refractivity contribution in [1.82, 2.24) is 10.2 Å². The Labute approximate surface area is 194 Å². The third-order valence-electron chi connectivity index (χ3n) is 6.15. The van der Waals surface area contributed by atoms with Gasteiger partial charge in [-0.2, -0.15) is 0 Å². The van der Waals surface area contributed by atoms with Crippen molar-refractivity contribution in [1.29, 1.82) is 0 Å². The molecule has 2 N–H and O–H groups in total. The lowest BCUT2D eigenvalue weighted by Crippen LogP contribution is -2.47. The maximum atomic E-state index is 10.6. The van der Waals surface area contributed by atoms with Gasteiger partial charge in [0.25, 0.3) is 6.47 Å². The quantitative estimate of drug-likeness (QED) is 0.595. The second kappa shape index (κ2) is 11.4. The fraction of sp³-hybridized carbons (Fsp3) is 0.667. The standard InChI is InChI=1S/C10H12BrN.C9H15NO2.C5H10O2/c1-12-5-4-8-6-10(11)3-2-9(8)7-12;11-8(12)7-5-9(6-7)1-3-10-4-2-9;1-5(2,3)7-4-6/h2-3,6H,4-5,7H2,1H3;7,10H,1-6H2,(H,11,12);4H,1-3H3. The van der Waals surface area contributed by atoms with E-state index in [-0.39, 0.29) is 11.5 Å². The van der Waals surface area contributed by atoms with Crippen LogP contribution in [0.1, 0.15) is 57.6 Å². The molecule has 0 radical (unpaired) electrons. The van der Waals surface area contributed by atoms with Gasteiger partial charge in [0.2, 0.25) is 0 Å². The largest absolute Gasteiger partial charge is 0.481 e. The molecule has 0 atom stereocenters. The lowest BCUT2D eigenvalue weighted by atomic mass is 9.58. The zero-order valence-electron chi connectivity index (χ0n) is 19.2. The van der Waals surface area contributed by atoms with Crippen LogP contribution in [0, 0.1) is 11.3 Å². The molecular weight excluding hydrogens is 460 g/mol. The van der Waals surface area contributed by atoms with Gasteiger partial charge in [-0.15, -0.1) is 0 Å². The summed E-state index contributed by atoms with van der Waals surface area (Å²) in [6.07, 6.45) is 5.38. The van der Waals surface area contributed by atoms with Crippen LogP contribution in [0.15, 0.2) is 22.7 Å². The minimum Gasteiger partial charge on any atom is -0.481 e. The first kappa shape index (κ1) is 25.8. The fourth-order valence-electron chi connectivity index (χ4n) is 4.33. The molecule has 3 aliphatic rings. The summed E-state index contributed by atoms with van der Waals surface area (Å²) < 4.78 is 5.75. The molecule has 2 fully saturated rings. The van der Waals surface area contributed by atoms with E-state index in [0.29, 0.717) is 11.9 Å². The van der Waals surface area contributed by atoms with Crippen molar-refractivity contribution in [2.24, 2.45) is 11.3 Å². The highest BCUT2D eigenvalue weighted by atomic mass is 79.9. The molecule has 0 aromatic heterocycles. The number of rotatable bonds is 2. The molecule has 0 bridgehead atoms. The summed E-state index contributed by atoms with van der Waals surface area (Å²) in [7, 11) is 2.17. The average Bonchev–Trinajstić information content (AvgIpc) is 2.67. The molecule has 2 aliphatic heterocycles. The number of hydrogen-bond donors (Lipinski definition) is 2. The molecule has 4 rings (SSSR count). The van der Waals surface area contributed by atoms with E-state index < -0.39 is 5.97 Å². The third kappa shape index (κ3) is 8.54. The molecule has 0 unspecified atom stereocenters. The molecule has 0 amide bonds. The number of benzene rings is 1. The monoisotopic (exact) mass is 496 g/mol. The van der Waals surface area contributed by atoms with Crippen molar-refractivity contribution in [3.05, 3.63) is 33.8 Å². The highest BCUT2D eigenvalue weighted by molar-refractivity contribution is 9.10. The predicted molar refractivity (Wildman–Crippen MR) is 126 cm³/mol. The van der Waals surface area contributed by atoms with Gasteiger partial charge in [-0.25, -0.2) is 0 Å². The van der Waals surface area contributed by atoms with Crippen molar-refractivity contribution >= 4 is 28.4 Å². The Kier molecular flexibility index (Phi) is 9.52. The van der Waals surface area contributed by atoms with Gasteiger partial charge in [0.1, 0.15) is 5.60 Å². The van der Waals surface area contributed by atoms with E-state index in [2.05, 4.69) is 56.1 Å². The second-order valence-corrected chi connectivity index (χ2v) is 10.8. The summed E-state index contributed by atoms with van der Waals surface area (Å²) in [4.78, 5) is 22.5. The lowest BCUT2D eigenvalue weighted by molar-refractivity contribution is -0.151. The van der Waals surface area contributed by atoms with Crippen LogP contribution in [-0.4, -0.2) is 54.7 Å². The van der Waals surface area contributed by atoms with Gasteiger partial charge >= 0.3 is 5.97 Å². The SMILES string of the molecule is CC(C)(C)OC=O.CN1CCc2cc(Br)ccc2C1.O=C(O)C1CC2(CCNCC2)C1. The number of carbonyl (C=O) groups is 2. The van der Waals surface area contributed by atoms with Crippen molar-refractivity contribution in [2.45, 2.75) is 65.0 Å². The van der Waals surface area contributed by atoms with Gasteiger partial charge in [-0.3, -0.25) is 9.59 Å². The highest BCUT2D eigenvalue weighted by Crippen LogP contribution is 2.51. The Morgan fingerprint density at radius 2 is 1.90 bits per heavy atom. The van der Waals surface area contributed by atoms with Gasteiger partial charge in [0.05, 0.1) is 5.92 Å². The first-order chi connectivity index (χ1) is 14.5. The molecule has 1 aliphatic carbocycles. The van der Waals surface area contributed by atoms with Crippen LogP contribution in [0.25, 0.3) is 0 Å². The van der Waals surface area contributed by atoms with Gasteiger partial charge in [-0.05, 0) is 102 Å². The highest BCUT2D eigenvalue weighted by Gasteiger charge is 2.47. The molecule has 1 saturated heterocycles. The van der Waals surface area contributed by atoms with Crippen molar-refractivity contribution in [2.75, 3.05) is 26.7 Å². The zero-order valence-corrected chi connectivity index (χ0v) is 20.8. The van der Waals surface area contributed by atoms with Crippen LogP contribution in [0.5, 0.6) is 0 Å². The fourth-order valence-corrected chi connectivity index (χ4v) is 4.74. The first-order valence-electron chi connectivity index (χ1n) is 11.0. The maximum absolute atomic E-state index is 10.6. The van der Waals surface area contributed by atoms with Crippen LogP contribution in [-0.2, 0) is 27.3 Å². The molecule has 6 nitrogen and oxygen atoms in total. The minimum absolute atomic E-state index is 0.0388. The van der Waals surface area contributed by atoms with Crippen molar-refractivity contribution in [3.8, 4) is 0 Å². The second-order valence-electron chi connectivity index (χ2n) is 9.92. The predicted octanol–water partition coefficient (Wildman–Crippen LogP) is 4.25. The Balaban J connectivity index is 0.000000173. The van der Waals surface area contributed by atoms with Crippen LogP contribution >= 0.6 is 15.9 Å². The molecule has 1 saturated carbocycles. The number of fused-ring (bicyclic) bond motifs is 1. The van der Waals surface area contributed by atoms with Crippen LogP contribution in [0.4, 0.5) is 0 Å². The molecule has 174 valence electrons. The summed E-state index contributed by atoms with van der Waals surface area (Å²) in [6.45, 7) is 10.4. The van der Waals surface area contributed by atoms with E-state index in [4.69, 9.17) is 5.11 Å². The summed E-state index contributed by atoms with van der Waals surface area (Å²) in [5.41, 5.74) is 3.07. The van der Waals surface area contributed by atoms with Gasteiger partial charge < -0.3 is 20.1 Å². The summed E-state index contributed by atoms with van der Waals surface area (Å²) in [6, 6.07) is 6.58. The van der Waals surface area contributed by atoms with E-state index in [1.54, 1.807) is 0 Å². The van der Waals surface area contributed by atoms with Crippen molar-refractivity contribution < 1.29 is 19.4 Å². The first-order valence-corrected chi connectivity index (χ1v) is 11.8. The number of ether oxygens (including phenoxy) is 1. The smallest absolute Gasteiger partial charge is 0.306 e. The zero-order chi connectivity index (χ0) is 23.1. The number of nitrogens with one attached hydrogen (secondary N) is 1. The molecule has 1 aromatic carbocycles. The van der Waals surface area contributed by atoms with E-state index in [0.717, 1.165) is 32.5 Å². The lowest BCUT2D eigenvalue weighted by Gasteiger charge is -2.48. The number of carboxylic acids is 1. The molecule has 1 spiro atoms. The number of halogens is 1. The Hall–Kier alpha value is -1.44. The number of hydrogen-bond acceptors (Lipinski definition) is 5. The third-order valence-corrected chi connectivity index (χ3v) is 6.64. The van der Waals surface area contributed by atoms with E-state index in [1.807, 2.05) is 20.8 Å². The van der Waals surface area contributed by atoms with E-state index in [9.17, 15) is 9.59 Å². The summed E-state index contributed by atoms with van der Waals surface area (Å²) >= 11 is 3.49. The summed E-state index contributed by atoms with van der Waals surface area (Å²) in [5, 5.41) is 12.0. The number of nitrogens with zero attached hydrogens (tertiary/aromatic N) is 1. The van der Waals surface area contributed by atoms with Gasteiger partial charge in [0.15, 0.2) is 0 Å². The van der Waals surface area contributed by atoms with Crippen LogP contribution < -0.4 is 5.32 Å². The number of carbonyl (C=O) groups excluding carboxylic acids is 1. The van der Waals surface area contributed by atoms with Crippen molar-refractivity contribution in [3.63, 3.8) is 0 Å². The van der Waals surface area contributed by atoms with Gasteiger partial charge in [0, 0.05) is 17.6 Å². The number of aliphatic carboxylic acids is 1. The molecule has 31 heavy (non-hydrogen) atoms. The Morgan fingerprint density at radius 1 is 1.26 bits per heavy atom. The number of carboxylic acid groups (broad SMARTS) is 1. The molecular formula is C24H37BrN2O4. The van der Waals surface area contributed by atoms with Crippen LogP contribution in [0.2, 0.25) is 0 Å². The maximum Gasteiger partial charge on any atom is 0.306 e. The topological polar surface area (TPSA) is 78.9 Å². The molecule has 1 aromatic rings. The summed E-state index contributed by atoms with van der Waals surface area (Å²) in [5.74, 6) is -0.637. The van der Waals surface area contributed by atoms with E-state index in [1.165, 1.54) is 41.4 Å². The van der Waals surface area contributed by atoms with Crippen LogP contribution in [0.3, 0.4) is 0 Å². The van der Waals surface area contributed by atoms with E-state index >= 15 is 0 Å². The Bertz CT molecular complexity index is 734. The molecule has 7 heteroatoms. The number of likely N-dealkylation sites (N-methyl/N-ethyl adjacent to an activating group) is 1. The Morgan fingerprint density at radius 3 is 2.42 bits per heavy atom. The average molecular weight is 497 g/mol. The number of piperidine rings is 1. The molecule has 2 heterocycles. The van der Waals surface area contributed by atoms with Gasteiger partial charge in [-0.1, -0.05) is 22.0 Å². The minimum atomic E-state index is -0.598.